The molecule has 0 heteroatoms. The van der Waals surface area contributed by atoms with E-state index in [1.165, 1.54) is 0 Å². The van der Waals surface area contributed by atoms with Crippen LogP contribution < -0.4 is 0 Å². The molecule has 0 spiro atoms. The van der Waals surface area contributed by atoms with E-state index in [0.717, 1.165) is 5.92 Å². The lowest BCUT2D eigenvalue weighted by Gasteiger charge is -1.79. The minimum atomic E-state index is 0. The highest BCUT2D eigenvalue weighted by Crippen LogP contribution is 1.81. The molecular formula is C13H38. The second-order valence-electron chi connectivity index (χ2n) is 1.73. The van der Waals surface area contributed by atoms with Crippen molar-refractivity contribution in [3.8, 4) is 0 Å². The Morgan fingerprint density at radius 3 is 0.462 bits per heavy atom. The van der Waals surface area contributed by atoms with Gasteiger partial charge in [0.2, 0.25) is 0 Å². The highest BCUT2D eigenvalue weighted by atomic mass is 13.7. The summed E-state index contributed by atoms with van der Waals surface area (Å²) in [5.41, 5.74) is 0. The molecule has 0 aromatic rings. The van der Waals surface area contributed by atoms with Crippen LogP contribution in [0.15, 0.2) is 0 Å². The van der Waals surface area contributed by atoms with Crippen LogP contribution in [0.5, 0.6) is 0 Å². The molecule has 90 valence electrons. The molecule has 0 radical (unpaired) electrons. The highest BCUT2D eigenvalue weighted by Gasteiger charge is 1.68. The number of rotatable bonds is 0. The molecule has 0 N–H and O–H groups in total. The Kier molecular flexibility index (Phi) is 474. The van der Waals surface area contributed by atoms with Crippen LogP contribution in [0.1, 0.15) is 83.6 Å². The Bertz CT molecular complexity index is 4.75. The molecule has 0 saturated carbocycles. The molecule has 0 saturated heterocycles. The summed E-state index contributed by atoms with van der Waals surface area (Å²) in [6.45, 7) is 22.5. The lowest BCUT2D eigenvalue weighted by Crippen LogP contribution is -1.66. The standard InChI is InChI=1S/C4H10.4C2H6.CH4/c1-4(2)3;4*1-2;/h4H,1-3H3;4*1-2H3;1H4. The fraction of sp³-hybridized carbons (Fsp3) is 1.00. The Morgan fingerprint density at radius 1 is 0.462 bits per heavy atom. The Hall–Kier alpha value is 0. The lowest BCUT2D eigenvalue weighted by atomic mass is 10.3. The topological polar surface area (TPSA) is 0 Å². The van der Waals surface area contributed by atoms with Gasteiger partial charge < -0.3 is 0 Å². The predicted octanol–water partition coefficient (Wildman–Crippen LogP) is 6.40. The van der Waals surface area contributed by atoms with E-state index in [9.17, 15) is 0 Å². The monoisotopic (exact) mass is 194 g/mol. The zero-order chi connectivity index (χ0) is 11.6. The molecule has 0 aliphatic heterocycles. The third-order valence-electron chi connectivity index (χ3n) is 0. The van der Waals surface area contributed by atoms with Gasteiger partial charge in [-0.1, -0.05) is 83.6 Å². The first-order valence-corrected chi connectivity index (χ1v) is 5.73. The third kappa shape index (κ3) is 0. The van der Waals surface area contributed by atoms with E-state index in [1.807, 2.05) is 55.4 Å². The van der Waals surface area contributed by atoms with Crippen molar-refractivity contribution >= 4 is 0 Å². The maximum absolute atomic E-state index is 2.17. The van der Waals surface area contributed by atoms with E-state index < -0.39 is 0 Å². The van der Waals surface area contributed by atoms with Gasteiger partial charge in [-0.3, -0.25) is 0 Å². The summed E-state index contributed by atoms with van der Waals surface area (Å²) in [5.74, 6) is 0.833. The van der Waals surface area contributed by atoms with Crippen LogP contribution in [-0.2, 0) is 0 Å². The largest absolute Gasteiger partial charge is 0.0776 e. The van der Waals surface area contributed by atoms with Gasteiger partial charge in [-0.25, -0.2) is 0 Å². The molecule has 0 aromatic heterocycles. The van der Waals surface area contributed by atoms with E-state index in [2.05, 4.69) is 20.8 Å². The SMILES string of the molecule is C.CC.CC.CC.CC.CC(C)C. The Labute approximate surface area is 90.1 Å². The normalized spacial score (nSPS) is 4.62. The first-order valence-electron chi connectivity index (χ1n) is 5.73. The summed E-state index contributed by atoms with van der Waals surface area (Å²) in [6.07, 6.45) is 0. The minimum Gasteiger partial charge on any atom is -0.0776 e. The van der Waals surface area contributed by atoms with Crippen molar-refractivity contribution in [2.75, 3.05) is 0 Å². The molecule has 0 aliphatic carbocycles. The van der Waals surface area contributed by atoms with Crippen LogP contribution in [-0.4, -0.2) is 0 Å². The zero-order valence-electron chi connectivity index (χ0n) is 11.6. The fourth-order valence-corrected chi connectivity index (χ4v) is 0. The van der Waals surface area contributed by atoms with Crippen molar-refractivity contribution in [3.63, 3.8) is 0 Å². The van der Waals surface area contributed by atoms with Crippen LogP contribution in [0.2, 0.25) is 0 Å². The molecule has 0 rings (SSSR count). The van der Waals surface area contributed by atoms with Gasteiger partial charge in [-0.05, 0) is 5.92 Å². The molecule has 0 aromatic carbocycles. The average Bonchev–Trinajstić information content (AvgIpc) is 2.16. The van der Waals surface area contributed by atoms with Crippen LogP contribution in [0.25, 0.3) is 0 Å². The molecule has 0 heterocycles. The van der Waals surface area contributed by atoms with E-state index >= 15 is 0 Å². The number of hydrogen-bond acceptors (Lipinski definition) is 0. The Balaban J connectivity index is -0.0000000122. The second kappa shape index (κ2) is 161. The van der Waals surface area contributed by atoms with Crippen molar-refractivity contribution in [1.82, 2.24) is 0 Å². The van der Waals surface area contributed by atoms with E-state index in [0.29, 0.717) is 0 Å². The van der Waals surface area contributed by atoms with Crippen molar-refractivity contribution < 1.29 is 0 Å². The summed E-state index contributed by atoms with van der Waals surface area (Å²) < 4.78 is 0. The van der Waals surface area contributed by atoms with Crippen LogP contribution in [0, 0.1) is 5.92 Å². The first kappa shape index (κ1) is 38.2. The van der Waals surface area contributed by atoms with Crippen LogP contribution in [0.3, 0.4) is 0 Å². The third-order valence-corrected chi connectivity index (χ3v) is 0. The fourth-order valence-electron chi connectivity index (χ4n) is 0. The van der Waals surface area contributed by atoms with Gasteiger partial charge in [-0.2, -0.15) is 0 Å². The van der Waals surface area contributed by atoms with Gasteiger partial charge in [0, 0.05) is 0 Å². The Morgan fingerprint density at radius 2 is 0.462 bits per heavy atom. The average molecular weight is 194 g/mol. The molecule has 0 aliphatic rings. The summed E-state index contributed by atoms with van der Waals surface area (Å²) in [7, 11) is 0. The summed E-state index contributed by atoms with van der Waals surface area (Å²) in [6, 6.07) is 0. The number of hydrogen-bond donors (Lipinski definition) is 0. The van der Waals surface area contributed by atoms with Crippen LogP contribution in [0.4, 0.5) is 0 Å². The molecular weight excluding hydrogens is 156 g/mol. The second-order valence-corrected chi connectivity index (χ2v) is 1.73. The molecule has 0 bridgehead atoms. The van der Waals surface area contributed by atoms with Crippen molar-refractivity contribution in [2.45, 2.75) is 83.6 Å². The molecule has 13 heavy (non-hydrogen) atoms. The molecule has 0 amide bonds. The maximum Gasteiger partial charge on any atom is -0.0500 e. The highest BCUT2D eigenvalue weighted by molar-refractivity contribution is 4.20. The zero-order valence-corrected chi connectivity index (χ0v) is 11.6. The van der Waals surface area contributed by atoms with E-state index in [-0.39, 0.29) is 7.43 Å². The summed E-state index contributed by atoms with van der Waals surface area (Å²) in [4.78, 5) is 0. The summed E-state index contributed by atoms with van der Waals surface area (Å²) >= 11 is 0. The van der Waals surface area contributed by atoms with Gasteiger partial charge in [0.1, 0.15) is 0 Å². The van der Waals surface area contributed by atoms with Crippen molar-refractivity contribution in [2.24, 2.45) is 5.92 Å². The van der Waals surface area contributed by atoms with Gasteiger partial charge in [-0.15, -0.1) is 0 Å². The van der Waals surface area contributed by atoms with Crippen molar-refractivity contribution in [1.29, 1.82) is 0 Å². The van der Waals surface area contributed by atoms with Gasteiger partial charge >= 0.3 is 0 Å². The molecule has 0 nitrogen and oxygen atoms in total. The molecule has 0 unspecified atom stereocenters. The van der Waals surface area contributed by atoms with Gasteiger partial charge in [0.25, 0.3) is 0 Å². The van der Waals surface area contributed by atoms with Crippen LogP contribution >= 0.6 is 0 Å². The van der Waals surface area contributed by atoms with Gasteiger partial charge in [0.15, 0.2) is 0 Å². The molecule has 0 fully saturated rings. The quantitative estimate of drug-likeness (QED) is 0.418. The van der Waals surface area contributed by atoms with Gasteiger partial charge in [0.05, 0.1) is 0 Å². The maximum atomic E-state index is 2.17. The predicted molar refractivity (Wildman–Crippen MR) is 72.6 cm³/mol. The lowest BCUT2D eigenvalue weighted by molar-refractivity contribution is 0.737. The molecule has 0 atom stereocenters. The smallest absolute Gasteiger partial charge is 0.0500 e. The van der Waals surface area contributed by atoms with Crippen molar-refractivity contribution in [3.05, 3.63) is 0 Å². The van der Waals surface area contributed by atoms with E-state index in [1.54, 1.807) is 0 Å². The summed E-state index contributed by atoms with van der Waals surface area (Å²) in [5, 5.41) is 0. The van der Waals surface area contributed by atoms with E-state index in [4.69, 9.17) is 0 Å². The minimum absolute atomic E-state index is 0. The first-order chi connectivity index (χ1) is 5.73.